The average Bonchev–Trinajstić information content (AvgIpc) is 3.40. The van der Waals surface area contributed by atoms with E-state index in [1.165, 1.54) is 13.0 Å². The SMILES string of the molecule is CC(=O)NC1CC[C@@H](C(=O)N[C@H](c2c(F)ccc(Cl)c2F)C23CCC(C2)OC3)C1. The second-order valence-electron chi connectivity index (χ2n) is 8.64. The molecule has 4 rings (SSSR count). The molecule has 2 N–H and O–H groups in total. The molecule has 1 aromatic rings. The summed E-state index contributed by atoms with van der Waals surface area (Å²) in [6.45, 7) is 1.80. The van der Waals surface area contributed by atoms with E-state index in [0.29, 0.717) is 32.3 Å². The number of carbonyl (C=O) groups excluding carboxylic acids is 2. The maximum Gasteiger partial charge on any atom is 0.223 e. The van der Waals surface area contributed by atoms with Crippen molar-refractivity contribution < 1.29 is 23.1 Å². The largest absolute Gasteiger partial charge is 0.378 e. The highest BCUT2D eigenvalue weighted by Crippen LogP contribution is 2.54. The highest BCUT2D eigenvalue weighted by atomic mass is 35.5. The van der Waals surface area contributed by atoms with E-state index >= 15 is 0 Å². The number of amides is 2. The average molecular weight is 427 g/mol. The molecule has 1 aromatic carbocycles. The fourth-order valence-electron chi connectivity index (χ4n) is 5.25. The van der Waals surface area contributed by atoms with Gasteiger partial charge in [-0.25, -0.2) is 8.78 Å². The van der Waals surface area contributed by atoms with Crippen molar-refractivity contribution in [1.82, 2.24) is 10.6 Å². The lowest BCUT2D eigenvalue weighted by Crippen LogP contribution is -2.44. The monoisotopic (exact) mass is 426 g/mol. The number of carbonyl (C=O) groups is 2. The zero-order valence-corrected chi connectivity index (χ0v) is 17.0. The fourth-order valence-corrected chi connectivity index (χ4v) is 5.41. The molecule has 1 aliphatic heterocycles. The maximum absolute atomic E-state index is 14.9. The Morgan fingerprint density at radius 2 is 2.07 bits per heavy atom. The van der Waals surface area contributed by atoms with Gasteiger partial charge in [0.15, 0.2) is 0 Å². The van der Waals surface area contributed by atoms with E-state index in [1.54, 1.807) is 0 Å². The number of nitrogens with one attached hydrogen (secondary N) is 2. The van der Waals surface area contributed by atoms with E-state index in [4.69, 9.17) is 16.3 Å². The smallest absolute Gasteiger partial charge is 0.223 e. The van der Waals surface area contributed by atoms with Gasteiger partial charge in [-0.1, -0.05) is 11.6 Å². The molecule has 1 saturated heterocycles. The van der Waals surface area contributed by atoms with E-state index in [1.807, 2.05) is 0 Å². The summed E-state index contributed by atoms with van der Waals surface area (Å²) < 4.78 is 35.4. The third kappa shape index (κ3) is 3.87. The van der Waals surface area contributed by atoms with Crippen LogP contribution in [0.25, 0.3) is 0 Å². The van der Waals surface area contributed by atoms with Crippen LogP contribution >= 0.6 is 11.6 Å². The highest BCUT2D eigenvalue weighted by molar-refractivity contribution is 6.30. The van der Waals surface area contributed by atoms with Crippen LogP contribution in [-0.2, 0) is 14.3 Å². The van der Waals surface area contributed by atoms with Crippen molar-refractivity contribution in [3.63, 3.8) is 0 Å². The Morgan fingerprint density at radius 1 is 1.28 bits per heavy atom. The molecule has 3 unspecified atom stereocenters. The Morgan fingerprint density at radius 3 is 2.69 bits per heavy atom. The van der Waals surface area contributed by atoms with Crippen LogP contribution in [0.15, 0.2) is 12.1 Å². The molecule has 29 heavy (non-hydrogen) atoms. The second-order valence-corrected chi connectivity index (χ2v) is 9.05. The summed E-state index contributed by atoms with van der Waals surface area (Å²) in [5, 5.41) is 5.62. The molecular weight excluding hydrogens is 402 g/mol. The number of benzene rings is 1. The van der Waals surface area contributed by atoms with Gasteiger partial charge < -0.3 is 15.4 Å². The molecule has 3 aliphatic rings. The molecule has 2 aliphatic carbocycles. The zero-order chi connectivity index (χ0) is 20.8. The number of fused-ring (bicyclic) bond motifs is 2. The molecule has 5 atom stereocenters. The number of hydrogen-bond acceptors (Lipinski definition) is 3. The van der Waals surface area contributed by atoms with Gasteiger partial charge in [-0.3, -0.25) is 9.59 Å². The van der Waals surface area contributed by atoms with Crippen LogP contribution in [-0.4, -0.2) is 30.6 Å². The van der Waals surface area contributed by atoms with Crippen LogP contribution in [0.5, 0.6) is 0 Å². The summed E-state index contributed by atoms with van der Waals surface area (Å²) in [5.74, 6) is -2.23. The Bertz CT molecular complexity index is 826. The summed E-state index contributed by atoms with van der Waals surface area (Å²) in [4.78, 5) is 24.3. The van der Waals surface area contributed by atoms with Gasteiger partial charge in [0.05, 0.1) is 23.8 Å². The third-order valence-corrected chi connectivity index (χ3v) is 6.97. The zero-order valence-electron chi connectivity index (χ0n) is 16.3. The molecule has 1 heterocycles. The van der Waals surface area contributed by atoms with Crippen molar-refractivity contribution in [2.24, 2.45) is 11.3 Å². The second kappa shape index (κ2) is 7.84. The van der Waals surface area contributed by atoms with Gasteiger partial charge in [0.1, 0.15) is 11.6 Å². The number of hydrogen-bond donors (Lipinski definition) is 2. The lowest BCUT2D eigenvalue weighted by atomic mass is 9.76. The maximum atomic E-state index is 14.9. The normalized spacial score (nSPS) is 31.7. The standard InChI is InChI=1S/C21H25ClF2N2O3/c1-11(27)25-13-3-2-12(8-13)20(28)26-19(21-7-6-14(9-21)29-10-21)17-16(23)5-4-15(22)18(17)24/h4-5,12-14,19H,2-3,6-10H2,1H3,(H,25,27)(H,26,28)/t12-,13?,14?,19-,21?/m1/s1. The summed E-state index contributed by atoms with van der Waals surface area (Å²) in [6, 6.07) is 1.43. The van der Waals surface area contributed by atoms with E-state index in [9.17, 15) is 18.4 Å². The molecule has 0 aromatic heterocycles. The fraction of sp³-hybridized carbons (Fsp3) is 0.619. The summed E-state index contributed by atoms with van der Waals surface area (Å²) in [6.07, 6.45) is 4.11. The van der Waals surface area contributed by atoms with Gasteiger partial charge in [-0.05, 0) is 50.7 Å². The molecule has 2 saturated carbocycles. The van der Waals surface area contributed by atoms with E-state index in [0.717, 1.165) is 18.9 Å². The molecule has 2 bridgehead atoms. The molecule has 0 spiro atoms. The van der Waals surface area contributed by atoms with Gasteiger partial charge in [-0.2, -0.15) is 0 Å². The summed E-state index contributed by atoms with van der Waals surface area (Å²) >= 11 is 5.94. The van der Waals surface area contributed by atoms with Crippen molar-refractivity contribution in [2.45, 2.75) is 63.6 Å². The van der Waals surface area contributed by atoms with Gasteiger partial charge in [0, 0.05) is 29.9 Å². The molecular formula is C21H25ClF2N2O3. The molecule has 3 fully saturated rings. The number of rotatable bonds is 5. The lowest BCUT2D eigenvalue weighted by Gasteiger charge is -2.37. The van der Waals surface area contributed by atoms with Gasteiger partial charge in [-0.15, -0.1) is 0 Å². The molecule has 5 nitrogen and oxygen atoms in total. The Balaban J connectivity index is 1.60. The minimum atomic E-state index is -0.846. The molecule has 8 heteroatoms. The molecule has 2 amide bonds. The Labute approximate surface area is 173 Å². The number of halogens is 3. The van der Waals surface area contributed by atoms with Crippen LogP contribution in [0.1, 0.15) is 57.1 Å². The first kappa shape index (κ1) is 20.5. The first-order valence-electron chi connectivity index (χ1n) is 10.1. The van der Waals surface area contributed by atoms with Crippen molar-refractivity contribution in [3.05, 3.63) is 34.4 Å². The van der Waals surface area contributed by atoms with Crippen LogP contribution < -0.4 is 10.6 Å². The highest BCUT2D eigenvalue weighted by Gasteiger charge is 2.53. The van der Waals surface area contributed by atoms with E-state index in [-0.39, 0.29) is 40.5 Å². The first-order chi connectivity index (χ1) is 13.8. The number of ether oxygens (including phenoxy) is 1. The van der Waals surface area contributed by atoms with E-state index in [2.05, 4.69) is 10.6 Å². The minimum Gasteiger partial charge on any atom is -0.378 e. The van der Waals surface area contributed by atoms with Gasteiger partial charge >= 0.3 is 0 Å². The lowest BCUT2D eigenvalue weighted by molar-refractivity contribution is -0.127. The van der Waals surface area contributed by atoms with Crippen molar-refractivity contribution >= 4 is 23.4 Å². The Kier molecular flexibility index (Phi) is 5.55. The third-order valence-electron chi connectivity index (χ3n) is 6.68. The van der Waals surface area contributed by atoms with Crippen molar-refractivity contribution in [2.75, 3.05) is 6.61 Å². The van der Waals surface area contributed by atoms with Crippen LogP contribution in [0.3, 0.4) is 0 Å². The quantitative estimate of drug-likeness (QED) is 0.706. The minimum absolute atomic E-state index is 0.0508. The molecule has 0 radical (unpaired) electrons. The van der Waals surface area contributed by atoms with E-state index < -0.39 is 23.1 Å². The van der Waals surface area contributed by atoms with Crippen LogP contribution in [0.4, 0.5) is 8.78 Å². The van der Waals surface area contributed by atoms with Crippen LogP contribution in [0.2, 0.25) is 5.02 Å². The summed E-state index contributed by atoms with van der Waals surface area (Å²) in [5.41, 5.74) is -0.726. The van der Waals surface area contributed by atoms with Crippen molar-refractivity contribution in [3.8, 4) is 0 Å². The van der Waals surface area contributed by atoms with Gasteiger partial charge in [0.2, 0.25) is 11.8 Å². The van der Waals surface area contributed by atoms with Crippen molar-refractivity contribution in [1.29, 1.82) is 0 Å². The topological polar surface area (TPSA) is 67.4 Å². The van der Waals surface area contributed by atoms with Crippen LogP contribution in [0, 0.1) is 23.0 Å². The summed E-state index contributed by atoms with van der Waals surface area (Å²) in [7, 11) is 0. The van der Waals surface area contributed by atoms with Gasteiger partial charge in [0.25, 0.3) is 0 Å². The molecule has 158 valence electrons. The first-order valence-corrected chi connectivity index (χ1v) is 10.5. The Hall–Kier alpha value is -1.73. The predicted molar refractivity (Wildman–Crippen MR) is 103 cm³/mol. The predicted octanol–water partition coefficient (Wildman–Crippen LogP) is 3.65.